The summed E-state index contributed by atoms with van der Waals surface area (Å²) in [5.74, 6) is 0.764. The molecule has 0 aliphatic heterocycles. The third kappa shape index (κ3) is 1.88. The van der Waals surface area contributed by atoms with E-state index in [0.29, 0.717) is 0 Å². The number of imidazole rings is 1. The van der Waals surface area contributed by atoms with Gasteiger partial charge in [-0.25, -0.2) is 4.98 Å². The van der Waals surface area contributed by atoms with E-state index in [1.165, 1.54) is 24.8 Å². The molecule has 17 heavy (non-hydrogen) atoms. The molecule has 2 heteroatoms. The first kappa shape index (κ1) is 10.6. The first-order valence-corrected chi connectivity index (χ1v) is 6.46. The summed E-state index contributed by atoms with van der Waals surface area (Å²) >= 11 is 0. The van der Waals surface area contributed by atoms with E-state index in [1.807, 2.05) is 6.20 Å². The zero-order chi connectivity index (χ0) is 11.7. The molecule has 2 aromatic rings. The third-order valence-electron chi connectivity index (χ3n) is 3.88. The van der Waals surface area contributed by atoms with Crippen LogP contribution in [-0.2, 0) is 12.8 Å². The number of aromatic nitrogens is 2. The van der Waals surface area contributed by atoms with Crippen molar-refractivity contribution >= 4 is 0 Å². The Balaban J connectivity index is 1.97. The van der Waals surface area contributed by atoms with E-state index in [4.69, 9.17) is 0 Å². The van der Waals surface area contributed by atoms with Crippen LogP contribution in [0.4, 0.5) is 0 Å². The van der Waals surface area contributed by atoms with Gasteiger partial charge in [-0.2, -0.15) is 0 Å². The average molecular weight is 226 g/mol. The van der Waals surface area contributed by atoms with E-state index in [-0.39, 0.29) is 0 Å². The topological polar surface area (TPSA) is 28.7 Å². The molecule has 0 spiro atoms. The normalized spacial score (nSPS) is 18.3. The predicted octanol–water partition coefficient (Wildman–Crippen LogP) is 3.44. The first-order chi connectivity index (χ1) is 8.38. The van der Waals surface area contributed by atoms with Crippen LogP contribution in [0.1, 0.15) is 48.1 Å². The molecule has 1 aromatic carbocycles. The predicted molar refractivity (Wildman–Crippen MR) is 69.2 cm³/mol. The van der Waals surface area contributed by atoms with Crippen molar-refractivity contribution in [3.8, 4) is 0 Å². The second-order valence-electron chi connectivity index (χ2n) is 4.87. The van der Waals surface area contributed by atoms with Crippen LogP contribution in [0.5, 0.6) is 0 Å². The van der Waals surface area contributed by atoms with E-state index in [0.717, 1.165) is 18.0 Å². The third-order valence-corrected chi connectivity index (χ3v) is 3.88. The van der Waals surface area contributed by atoms with Crippen molar-refractivity contribution in [1.29, 1.82) is 0 Å². The van der Waals surface area contributed by atoms with Crippen LogP contribution in [0.2, 0.25) is 0 Å². The van der Waals surface area contributed by atoms with Crippen molar-refractivity contribution in [2.75, 3.05) is 0 Å². The summed E-state index contributed by atoms with van der Waals surface area (Å²) in [6, 6.07) is 6.75. The Hall–Kier alpha value is -1.57. The van der Waals surface area contributed by atoms with Gasteiger partial charge in [0.05, 0.1) is 12.0 Å². The Bertz CT molecular complexity index is 500. The Kier molecular flexibility index (Phi) is 2.71. The monoisotopic (exact) mass is 226 g/mol. The molecule has 0 saturated heterocycles. The molecule has 3 rings (SSSR count). The number of nitrogens with one attached hydrogen (secondary N) is 1. The summed E-state index contributed by atoms with van der Waals surface area (Å²) in [6.07, 6.45) is 8.55. The van der Waals surface area contributed by atoms with E-state index in [9.17, 15) is 0 Å². The fourth-order valence-electron chi connectivity index (χ4n) is 3.03. The van der Waals surface area contributed by atoms with Crippen LogP contribution >= 0.6 is 0 Å². The fraction of sp³-hybridized carbons (Fsp3) is 0.400. The molecule has 0 amide bonds. The van der Waals surface area contributed by atoms with Crippen LogP contribution in [-0.4, -0.2) is 9.97 Å². The minimum Gasteiger partial charge on any atom is -0.351 e. The first-order valence-electron chi connectivity index (χ1n) is 6.46. The van der Waals surface area contributed by atoms with Gasteiger partial charge in [0.25, 0.3) is 0 Å². The molecule has 1 aliphatic carbocycles. The second kappa shape index (κ2) is 4.36. The standard InChI is InChI=1S/C15H18N2/c1-2-11-6-7-12-4-3-5-13(15(11)12)8-14-9-16-10-17-14/h3-5,9-11H,2,6-8H2,1H3,(H,16,17). The van der Waals surface area contributed by atoms with E-state index < -0.39 is 0 Å². The second-order valence-corrected chi connectivity index (χ2v) is 4.87. The van der Waals surface area contributed by atoms with Crippen LogP contribution in [0.3, 0.4) is 0 Å². The number of hydrogen-bond acceptors (Lipinski definition) is 1. The number of fused-ring (bicyclic) bond motifs is 1. The Morgan fingerprint density at radius 2 is 2.35 bits per heavy atom. The zero-order valence-corrected chi connectivity index (χ0v) is 10.2. The Morgan fingerprint density at radius 3 is 3.12 bits per heavy atom. The van der Waals surface area contributed by atoms with Crippen LogP contribution in [0.15, 0.2) is 30.7 Å². The lowest BCUT2D eigenvalue weighted by atomic mass is 9.92. The van der Waals surface area contributed by atoms with Crippen LogP contribution in [0, 0.1) is 0 Å². The molecule has 0 bridgehead atoms. The van der Waals surface area contributed by atoms with Gasteiger partial charge >= 0.3 is 0 Å². The maximum Gasteiger partial charge on any atom is 0.0923 e. The molecule has 1 heterocycles. The lowest BCUT2D eigenvalue weighted by molar-refractivity contribution is 0.652. The molecule has 88 valence electrons. The van der Waals surface area contributed by atoms with Gasteiger partial charge in [0.2, 0.25) is 0 Å². The van der Waals surface area contributed by atoms with Crippen molar-refractivity contribution < 1.29 is 0 Å². The van der Waals surface area contributed by atoms with Crippen molar-refractivity contribution in [3.63, 3.8) is 0 Å². The van der Waals surface area contributed by atoms with E-state index in [1.54, 1.807) is 17.5 Å². The van der Waals surface area contributed by atoms with Gasteiger partial charge in [-0.3, -0.25) is 0 Å². The summed E-state index contributed by atoms with van der Waals surface area (Å²) in [4.78, 5) is 7.36. The van der Waals surface area contributed by atoms with Crippen LogP contribution in [0.25, 0.3) is 0 Å². The molecular formula is C15H18N2. The summed E-state index contributed by atoms with van der Waals surface area (Å²) in [5, 5.41) is 0. The minimum atomic E-state index is 0.764. The van der Waals surface area contributed by atoms with Crippen molar-refractivity contribution in [1.82, 2.24) is 9.97 Å². The molecule has 0 radical (unpaired) electrons. The zero-order valence-electron chi connectivity index (χ0n) is 10.2. The molecule has 1 aliphatic rings. The highest BCUT2D eigenvalue weighted by Gasteiger charge is 2.23. The van der Waals surface area contributed by atoms with Gasteiger partial charge in [0.1, 0.15) is 0 Å². The quantitative estimate of drug-likeness (QED) is 0.853. The van der Waals surface area contributed by atoms with Gasteiger partial charge in [0, 0.05) is 12.6 Å². The molecule has 1 unspecified atom stereocenters. The molecule has 1 aromatic heterocycles. The molecule has 1 N–H and O–H groups in total. The van der Waals surface area contributed by atoms with Crippen molar-refractivity contribution in [2.24, 2.45) is 0 Å². The Labute approximate surface area is 102 Å². The van der Waals surface area contributed by atoms with Crippen LogP contribution < -0.4 is 0 Å². The minimum absolute atomic E-state index is 0.764. The van der Waals surface area contributed by atoms with Gasteiger partial charge in [0.15, 0.2) is 0 Å². The molecule has 2 nitrogen and oxygen atoms in total. The average Bonchev–Trinajstić information content (AvgIpc) is 2.97. The number of aryl methyl sites for hydroxylation is 1. The van der Waals surface area contributed by atoms with Crippen molar-refractivity contribution in [2.45, 2.75) is 38.5 Å². The highest BCUT2D eigenvalue weighted by atomic mass is 14.9. The van der Waals surface area contributed by atoms with Gasteiger partial charge in [-0.15, -0.1) is 0 Å². The highest BCUT2D eigenvalue weighted by Crippen LogP contribution is 2.38. The molecule has 0 fully saturated rings. The lowest BCUT2D eigenvalue weighted by Gasteiger charge is -2.13. The number of rotatable bonds is 3. The van der Waals surface area contributed by atoms with Gasteiger partial charge < -0.3 is 4.98 Å². The maximum absolute atomic E-state index is 4.33. The number of benzene rings is 1. The molecule has 0 saturated carbocycles. The fourth-order valence-corrected chi connectivity index (χ4v) is 3.03. The lowest BCUT2D eigenvalue weighted by Crippen LogP contribution is -1.99. The molecule has 1 atom stereocenters. The van der Waals surface area contributed by atoms with Gasteiger partial charge in [-0.1, -0.05) is 25.1 Å². The summed E-state index contributed by atoms with van der Waals surface area (Å²) in [7, 11) is 0. The Morgan fingerprint density at radius 1 is 1.41 bits per heavy atom. The summed E-state index contributed by atoms with van der Waals surface area (Å²) in [6.45, 7) is 2.30. The van der Waals surface area contributed by atoms with Crippen molar-refractivity contribution in [3.05, 3.63) is 53.1 Å². The summed E-state index contributed by atoms with van der Waals surface area (Å²) < 4.78 is 0. The van der Waals surface area contributed by atoms with Gasteiger partial charge in [-0.05, 0) is 41.9 Å². The maximum atomic E-state index is 4.33. The SMILES string of the molecule is CCC1CCc2cccc(Cc3c[nH]cn3)c21. The largest absolute Gasteiger partial charge is 0.351 e. The smallest absolute Gasteiger partial charge is 0.0923 e. The number of aromatic amines is 1. The molecular weight excluding hydrogens is 208 g/mol. The number of H-pyrrole nitrogens is 1. The number of nitrogens with zero attached hydrogens (tertiary/aromatic N) is 1. The number of hydrogen-bond donors (Lipinski definition) is 1. The summed E-state index contributed by atoms with van der Waals surface area (Å²) in [5.41, 5.74) is 5.78. The van der Waals surface area contributed by atoms with E-state index >= 15 is 0 Å². The van der Waals surface area contributed by atoms with E-state index in [2.05, 4.69) is 35.1 Å². The highest BCUT2D eigenvalue weighted by molar-refractivity contribution is 5.43.